The average molecular weight is 295 g/mol. The second-order valence-electron chi connectivity index (χ2n) is 3.75. The highest BCUT2D eigenvalue weighted by Crippen LogP contribution is 2.37. The van der Waals surface area contributed by atoms with Gasteiger partial charge >= 0.3 is 0 Å². The van der Waals surface area contributed by atoms with Gasteiger partial charge in [-0.3, -0.25) is 10.1 Å². The normalized spacial score (nSPS) is 10.4. The van der Waals surface area contributed by atoms with Gasteiger partial charge in [0.05, 0.1) is 9.82 Å². The van der Waals surface area contributed by atoms with Gasteiger partial charge in [-0.15, -0.1) is 0 Å². The number of nitrogens with zero attached hydrogens (tertiary/aromatic N) is 1. The maximum atomic E-state index is 11.0. The molecule has 0 spiro atoms. The molecular weight excluding hydrogens is 284 g/mol. The Bertz CT molecular complexity index is 619. The van der Waals surface area contributed by atoms with Crippen molar-refractivity contribution in [2.75, 3.05) is 0 Å². The zero-order valence-corrected chi connectivity index (χ0v) is 11.4. The molecular formula is C13H11ClN2O2S. The van der Waals surface area contributed by atoms with Crippen LogP contribution in [0.2, 0.25) is 5.02 Å². The molecule has 0 radical (unpaired) electrons. The summed E-state index contributed by atoms with van der Waals surface area (Å²) in [4.78, 5) is 12.0. The van der Waals surface area contributed by atoms with Crippen LogP contribution in [0.15, 0.2) is 52.3 Å². The van der Waals surface area contributed by atoms with Crippen molar-refractivity contribution >= 4 is 29.1 Å². The van der Waals surface area contributed by atoms with Crippen molar-refractivity contribution < 1.29 is 4.92 Å². The van der Waals surface area contributed by atoms with E-state index in [2.05, 4.69) is 0 Å². The molecule has 0 aliphatic heterocycles. The topological polar surface area (TPSA) is 69.2 Å². The summed E-state index contributed by atoms with van der Waals surface area (Å²) in [6.07, 6.45) is 0. The van der Waals surface area contributed by atoms with Gasteiger partial charge in [-0.25, -0.2) is 0 Å². The molecule has 0 unspecified atom stereocenters. The minimum atomic E-state index is -0.394. The maximum absolute atomic E-state index is 11.0. The first kappa shape index (κ1) is 13.9. The number of nitro groups is 1. The van der Waals surface area contributed by atoms with Crippen molar-refractivity contribution in [1.29, 1.82) is 0 Å². The Morgan fingerprint density at radius 2 is 1.84 bits per heavy atom. The van der Waals surface area contributed by atoms with E-state index in [1.807, 2.05) is 6.07 Å². The van der Waals surface area contributed by atoms with E-state index < -0.39 is 4.92 Å². The van der Waals surface area contributed by atoms with Crippen molar-refractivity contribution in [3.05, 3.63) is 63.2 Å². The Labute approximate surface area is 119 Å². The van der Waals surface area contributed by atoms with Crippen molar-refractivity contribution in [2.45, 2.75) is 16.3 Å². The third-order valence-electron chi connectivity index (χ3n) is 2.56. The van der Waals surface area contributed by atoms with Crippen LogP contribution in [0.25, 0.3) is 0 Å². The molecule has 2 N–H and O–H groups in total. The van der Waals surface area contributed by atoms with Crippen LogP contribution in [0.5, 0.6) is 0 Å². The first-order valence-corrected chi connectivity index (χ1v) is 6.71. The first-order valence-electron chi connectivity index (χ1n) is 5.52. The Morgan fingerprint density at radius 3 is 2.53 bits per heavy atom. The van der Waals surface area contributed by atoms with E-state index in [1.165, 1.54) is 17.8 Å². The predicted molar refractivity (Wildman–Crippen MR) is 76.6 cm³/mol. The maximum Gasteiger partial charge on any atom is 0.283 e. The molecule has 2 aromatic rings. The van der Waals surface area contributed by atoms with Gasteiger partial charge in [0.1, 0.15) is 0 Å². The van der Waals surface area contributed by atoms with Crippen molar-refractivity contribution in [3.8, 4) is 0 Å². The summed E-state index contributed by atoms with van der Waals surface area (Å²) >= 11 is 7.37. The van der Waals surface area contributed by atoms with Crippen molar-refractivity contribution in [1.82, 2.24) is 0 Å². The molecule has 0 aliphatic rings. The number of halogens is 1. The lowest BCUT2D eigenvalue weighted by Crippen LogP contribution is -1.99. The summed E-state index contributed by atoms with van der Waals surface area (Å²) in [6.45, 7) is 0.294. The number of para-hydroxylation sites is 1. The lowest BCUT2D eigenvalue weighted by atomic mass is 10.2. The minimum absolute atomic E-state index is 0.0791. The Morgan fingerprint density at radius 1 is 1.16 bits per heavy atom. The van der Waals surface area contributed by atoms with E-state index in [0.29, 0.717) is 16.5 Å². The van der Waals surface area contributed by atoms with Crippen LogP contribution in [0.3, 0.4) is 0 Å². The molecule has 0 amide bonds. The molecule has 0 heterocycles. The second-order valence-corrected chi connectivity index (χ2v) is 5.24. The van der Waals surface area contributed by atoms with E-state index in [-0.39, 0.29) is 5.69 Å². The monoisotopic (exact) mass is 294 g/mol. The molecule has 2 rings (SSSR count). The van der Waals surface area contributed by atoms with Crippen LogP contribution < -0.4 is 5.73 Å². The van der Waals surface area contributed by atoms with Crippen LogP contribution in [-0.4, -0.2) is 4.92 Å². The van der Waals surface area contributed by atoms with Gasteiger partial charge in [-0.2, -0.15) is 0 Å². The fraction of sp³-hybridized carbons (Fsp3) is 0.0769. The van der Waals surface area contributed by atoms with Crippen LogP contribution in [0.4, 0.5) is 5.69 Å². The summed E-state index contributed by atoms with van der Waals surface area (Å²) in [7, 11) is 0. The summed E-state index contributed by atoms with van der Waals surface area (Å²) in [5.74, 6) is 0. The van der Waals surface area contributed by atoms with Crippen molar-refractivity contribution in [3.63, 3.8) is 0 Å². The lowest BCUT2D eigenvalue weighted by Gasteiger charge is -2.09. The van der Waals surface area contributed by atoms with Gasteiger partial charge in [0.2, 0.25) is 0 Å². The zero-order valence-electron chi connectivity index (χ0n) is 9.88. The molecule has 0 aliphatic carbocycles. The van der Waals surface area contributed by atoms with Gasteiger partial charge in [-0.05, 0) is 23.8 Å². The zero-order chi connectivity index (χ0) is 13.8. The highest BCUT2D eigenvalue weighted by Gasteiger charge is 2.15. The number of rotatable bonds is 4. The van der Waals surface area contributed by atoms with E-state index in [4.69, 9.17) is 17.3 Å². The molecule has 0 bridgehead atoms. The number of nitrogens with two attached hydrogens (primary N) is 1. The second kappa shape index (κ2) is 6.06. The smallest absolute Gasteiger partial charge is 0.283 e. The largest absolute Gasteiger partial charge is 0.326 e. The standard InChI is InChI=1S/C13H11ClN2O2S/c14-10-4-3-7-12(9(10)8-15)19-13-6-2-1-5-11(13)16(17)18/h1-7H,8,15H2. The van der Waals surface area contributed by atoms with Crippen LogP contribution >= 0.6 is 23.4 Å². The van der Waals surface area contributed by atoms with E-state index in [1.54, 1.807) is 30.3 Å². The Hall–Kier alpha value is -1.56. The van der Waals surface area contributed by atoms with Gasteiger partial charge in [0.15, 0.2) is 0 Å². The van der Waals surface area contributed by atoms with E-state index in [0.717, 1.165) is 10.5 Å². The predicted octanol–water partition coefficient (Wildman–Crippen LogP) is 3.86. The number of hydrogen-bond acceptors (Lipinski definition) is 4. The fourth-order valence-corrected chi connectivity index (χ4v) is 3.05. The molecule has 2 aromatic carbocycles. The highest BCUT2D eigenvalue weighted by molar-refractivity contribution is 7.99. The quantitative estimate of drug-likeness (QED) is 0.687. The summed E-state index contributed by atoms with van der Waals surface area (Å²) in [5.41, 5.74) is 6.55. The Kier molecular flexibility index (Phi) is 4.42. The molecule has 6 heteroatoms. The fourth-order valence-electron chi connectivity index (χ4n) is 1.65. The SMILES string of the molecule is NCc1c(Cl)cccc1Sc1ccccc1[N+](=O)[O-]. The lowest BCUT2D eigenvalue weighted by molar-refractivity contribution is -0.387. The van der Waals surface area contributed by atoms with Crippen LogP contribution in [0.1, 0.15) is 5.56 Å². The van der Waals surface area contributed by atoms with E-state index >= 15 is 0 Å². The van der Waals surface area contributed by atoms with Crippen molar-refractivity contribution in [2.24, 2.45) is 5.73 Å². The summed E-state index contributed by atoms with van der Waals surface area (Å²) in [6, 6.07) is 12.0. The highest BCUT2D eigenvalue weighted by atomic mass is 35.5. The molecule has 0 atom stereocenters. The summed E-state index contributed by atoms with van der Waals surface area (Å²) in [5, 5.41) is 11.5. The van der Waals surface area contributed by atoms with Crippen LogP contribution in [0, 0.1) is 10.1 Å². The third-order valence-corrected chi connectivity index (χ3v) is 4.08. The van der Waals surface area contributed by atoms with Gasteiger partial charge in [-0.1, -0.05) is 41.6 Å². The average Bonchev–Trinajstić information content (AvgIpc) is 2.39. The van der Waals surface area contributed by atoms with Gasteiger partial charge < -0.3 is 5.73 Å². The number of nitro benzene ring substituents is 1. The number of hydrogen-bond donors (Lipinski definition) is 1. The minimum Gasteiger partial charge on any atom is -0.326 e. The molecule has 0 fully saturated rings. The van der Waals surface area contributed by atoms with Crippen LogP contribution in [-0.2, 0) is 6.54 Å². The molecule has 98 valence electrons. The Balaban J connectivity index is 2.42. The molecule has 4 nitrogen and oxygen atoms in total. The van der Waals surface area contributed by atoms with Gasteiger partial charge in [0.25, 0.3) is 5.69 Å². The number of benzene rings is 2. The molecule has 0 saturated heterocycles. The molecule has 19 heavy (non-hydrogen) atoms. The first-order chi connectivity index (χ1) is 9.13. The van der Waals surface area contributed by atoms with E-state index in [9.17, 15) is 10.1 Å². The third kappa shape index (κ3) is 3.07. The molecule has 0 saturated carbocycles. The van der Waals surface area contributed by atoms with Gasteiger partial charge in [0, 0.05) is 22.5 Å². The summed E-state index contributed by atoms with van der Waals surface area (Å²) < 4.78 is 0. The molecule has 0 aromatic heterocycles.